The zero-order valence-electron chi connectivity index (χ0n) is 11.3. The van der Waals surface area contributed by atoms with Crippen LogP contribution in [0.4, 0.5) is 0 Å². The largest absolute Gasteiger partial charge is 0.297 e. The highest BCUT2D eigenvalue weighted by molar-refractivity contribution is 6.35. The molecule has 0 N–H and O–H groups in total. The first-order chi connectivity index (χ1) is 9.38. The van der Waals surface area contributed by atoms with E-state index < -0.39 is 5.41 Å². The van der Waals surface area contributed by atoms with E-state index in [1.54, 1.807) is 12.1 Å². The monoisotopic (exact) mass is 311 g/mol. The highest BCUT2D eigenvalue weighted by Gasteiger charge is 2.28. The fraction of sp³-hybridized carbons (Fsp3) is 0.357. The van der Waals surface area contributed by atoms with Gasteiger partial charge in [-0.1, -0.05) is 43.1 Å². The highest BCUT2D eigenvalue weighted by atomic mass is 35.5. The molecular formula is C14H15Cl2N3O. The van der Waals surface area contributed by atoms with E-state index in [4.69, 9.17) is 23.2 Å². The lowest BCUT2D eigenvalue weighted by atomic mass is 9.81. The molecule has 1 aromatic heterocycles. The molecule has 2 rings (SSSR count). The fourth-order valence-corrected chi connectivity index (χ4v) is 2.39. The molecule has 0 bridgehead atoms. The highest BCUT2D eigenvalue weighted by Crippen LogP contribution is 2.29. The van der Waals surface area contributed by atoms with E-state index in [0.29, 0.717) is 16.5 Å². The SMILES string of the molecule is CC(C)(Cc1ccc(Cl)cc1Cl)C(=O)Cn1cncn1. The summed E-state index contributed by atoms with van der Waals surface area (Å²) in [5, 5.41) is 5.12. The van der Waals surface area contributed by atoms with Crippen LogP contribution in [0.25, 0.3) is 0 Å². The van der Waals surface area contributed by atoms with E-state index in [0.717, 1.165) is 5.56 Å². The third-order valence-corrected chi connectivity index (χ3v) is 3.76. The van der Waals surface area contributed by atoms with Gasteiger partial charge in [-0.2, -0.15) is 5.10 Å². The van der Waals surface area contributed by atoms with Crippen molar-refractivity contribution in [3.63, 3.8) is 0 Å². The summed E-state index contributed by atoms with van der Waals surface area (Å²) in [6.45, 7) is 4.01. The molecule has 1 heterocycles. The van der Waals surface area contributed by atoms with Crippen molar-refractivity contribution in [2.45, 2.75) is 26.8 Å². The average molecular weight is 312 g/mol. The van der Waals surface area contributed by atoms with Crippen molar-refractivity contribution in [1.29, 1.82) is 0 Å². The number of ketones is 1. The van der Waals surface area contributed by atoms with Crippen LogP contribution in [0.5, 0.6) is 0 Å². The summed E-state index contributed by atoms with van der Waals surface area (Å²) in [5.41, 5.74) is 0.372. The first-order valence-electron chi connectivity index (χ1n) is 6.18. The Balaban J connectivity index is 2.11. The topological polar surface area (TPSA) is 47.8 Å². The smallest absolute Gasteiger partial charge is 0.160 e. The maximum absolute atomic E-state index is 12.4. The summed E-state index contributed by atoms with van der Waals surface area (Å²) in [6.07, 6.45) is 3.50. The lowest BCUT2D eigenvalue weighted by Gasteiger charge is -2.23. The molecule has 106 valence electrons. The predicted octanol–water partition coefficient (Wildman–Crippen LogP) is 3.42. The lowest BCUT2D eigenvalue weighted by molar-refractivity contribution is -0.127. The molecule has 0 saturated carbocycles. The number of carbonyl (C=O) groups excluding carboxylic acids is 1. The Morgan fingerprint density at radius 3 is 2.70 bits per heavy atom. The van der Waals surface area contributed by atoms with Gasteiger partial charge in [-0.3, -0.25) is 4.79 Å². The van der Waals surface area contributed by atoms with Gasteiger partial charge in [0.15, 0.2) is 5.78 Å². The Bertz CT molecular complexity index is 609. The zero-order chi connectivity index (χ0) is 14.8. The molecule has 4 nitrogen and oxygen atoms in total. The van der Waals surface area contributed by atoms with Gasteiger partial charge in [-0.15, -0.1) is 0 Å². The van der Waals surface area contributed by atoms with Crippen molar-refractivity contribution in [2.75, 3.05) is 0 Å². The van der Waals surface area contributed by atoms with Gasteiger partial charge in [0.2, 0.25) is 0 Å². The van der Waals surface area contributed by atoms with Gasteiger partial charge in [0.25, 0.3) is 0 Å². The molecule has 0 aliphatic carbocycles. The van der Waals surface area contributed by atoms with E-state index in [2.05, 4.69) is 10.1 Å². The molecule has 0 aliphatic heterocycles. The molecule has 0 radical (unpaired) electrons. The summed E-state index contributed by atoms with van der Waals surface area (Å²) in [5.74, 6) is 0.0778. The van der Waals surface area contributed by atoms with Gasteiger partial charge in [0.1, 0.15) is 19.2 Å². The lowest BCUT2D eigenvalue weighted by Crippen LogP contribution is -2.30. The van der Waals surface area contributed by atoms with Crippen molar-refractivity contribution in [3.05, 3.63) is 46.5 Å². The summed E-state index contributed by atoms with van der Waals surface area (Å²) in [7, 11) is 0. The number of aromatic nitrogens is 3. The number of rotatable bonds is 5. The molecule has 0 atom stereocenters. The minimum Gasteiger partial charge on any atom is -0.297 e. The molecule has 1 aromatic carbocycles. The van der Waals surface area contributed by atoms with E-state index >= 15 is 0 Å². The molecule has 2 aromatic rings. The second-order valence-corrected chi connectivity index (χ2v) is 6.16. The van der Waals surface area contributed by atoms with Gasteiger partial charge >= 0.3 is 0 Å². The van der Waals surface area contributed by atoms with Gasteiger partial charge in [-0.05, 0) is 24.1 Å². The van der Waals surface area contributed by atoms with E-state index in [9.17, 15) is 4.79 Å². The van der Waals surface area contributed by atoms with E-state index in [1.165, 1.54) is 17.3 Å². The van der Waals surface area contributed by atoms with Crippen LogP contribution in [0.3, 0.4) is 0 Å². The van der Waals surface area contributed by atoms with Gasteiger partial charge in [-0.25, -0.2) is 9.67 Å². The Kier molecular flexibility index (Phi) is 4.45. The summed E-state index contributed by atoms with van der Waals surface area (Å²) in [6, 6.07) is 5.33. The minimum absolute atomic E-state index is 0.0778. The second-order valence-electron chi connectivity index (χ2n) is 5.31. The molecule has 0 amide bonds. The van der Waals surface area contributed by atoms with Crippen molar-refractivity contribution in [2.24, 2.45) is 5.41 Å². The fourth-order valence-electron chi connectivity index (χ4n) is 1.92. The minimum atomic E-state index is -0.538. The van der Waals surface area contributed by atoms with Crippen molar-refractivity contribution in [1.82, 2.24) is 14.8 Å². The Hall–Kier alpha value is -1.39. The van der Waals surface area contributed by atoms with Gasteiger partial charge < -0.3 is 0 Å². The first-order valence-corrected chi connectivity index (χ1v) is 6.94. The normalized spacial score (nSPS) is 11.6. The summed E-state index contributed by atoms with van der Waals surface area (Å²) < 4.78 is 1.52. The van der Waals surface area contributed by atoms with Crippen LogP contribution < -0.4 is 0 Å². The van der Waals surface area contributed by atoms with Crippen LogP contribution in [0.1, 0.15) is 19.4 Å². The number of benzene rings is 1. The number of hydrogen-bond acceptors (Lipinski definition) is 3. The third-order valence-electron chi connectivity index (χ3n) is 3.17. The zero-order valence-corrected chi connectivity index (χ0v) is 12.8. The molecule has 0 saturated heterocycles. The third kappa shape index (κ3) is 3.58. The van der Waals surface area contributed by atoms with E-state index in [1.807, 2.05) is 19.9 Å². The molecule has 0 spiro atoms. The Labute approximate surface area is 127 Å². The van der Waals surface area contributed by atoms with Crippen LogP contribution >= 0.6 is 23.2 Å². The standard InChI is InChI=1S/C14H15Cl2N3O/c1-14(2,13(20)7-19-9-17-8-18-19)6-10-3-4-11(15)5-12(10)16/h3-5,8-9H,6-7H2,1-2H3. The molecule has 0 aliphatic rings. The van der Waals surface area contributed by atoms with Crippen molar-refractivity contribution >= 4 is 29.0 Å². The Morgan fingerprint density at radius 1 is 1.35 bits per heavy atom. The first kappa shape index (κ1) is 15.0. The average Bonchev–Trinajstić information content (AvgIpc) is 2.85. The van der Waals surface area contributed by atoms with Crippen LogP contribution in [-0.2, 0) is 17.8 Å². The van der Waals surface area contributed by atoms with Crippen LogP contribution in [0.2, 0.25) is 10.0 Å². The Morgan fingerprint density at radius 2 is 2.10 bits per heavy atom. The van der Waals surface area contributed by atoms with Crippen molar-refractivity contribution in [3.8, 4) is 0 Å². The quantitative estimate of drug-likeness (QED) is 0.850. The maximum atomic E-state index is 12.4. The molecular weight excluding hydrogens is 297 g/mol. The van der Waals surface area contributed by atoms with Crippen LogP contribution in [-0.4, -0.2) is 20.5 Å². The second kappa shape index (κ2) is 5.94. The van der Waals surface area contributed by atoms with Gasteiger partial charge in [0, 0.05) is 15.5 Å². The number of hydrogen-bond donors (Lipinski definition) is 0. The van der Waals surface area contributed by atoms with Gasteiger partial charge in [0.05, 0.1) is 0 Å². The molecule has 0 fully saturated rings. The molecule has 6 heteroatoms. The number of halogens is 2. The molecule has 20 heavy (non-hydrogen) atoms. The van der Waals surface area contributed by atoms with E-state index in [-0.39, 0.29) is 12.3 Å². The number of Topliss-reactive ketones (excluding diaryl/α,β-unsaturated/α-hetero) is 1. The maximum Gasteiger partial charge on any atom is 0.160 e. The number of carbonyl (C=O) groups is 1. The summed E-state index contributed by atoms with van der Waals surface area (Å²) >= 11 is 12.0. The van der Waals surface area contributed by atoms with Crippen molar-refractivity contribution < 1.29 is 4.79 Å². The predicted molar refractivity (Wildman–Crippen MR) is 79.0 cm³/mol. The number of nitrogens with zero attached hydrogens (tertiary/aromatic N) is 3. The van der Waals surface area contributed by atoms with Crippen LogP contribution in [0.15, 0.2) is 30.9 Å². The van der Waals surface area contributed by atoms with Crippen LogP contribution in [0, 0.1) is 5.41 Å². The molecule has 0 unspecified atom stereocenters. The summed E-state index contributed by atoms with van der Waals surface area (Å²) in [4.78, 5) is 16.2.